The number of hydrogen-bond donors (Lipinski definition) is 2. The first-order valence-corrected chi connectivity index (χ1v) is 7.87. The van der Waals surface area contributed by atoms with E-state index in [4.69, 9.17) is 11.6 Å². The van der Waals surface area contributed by atoms with E-state index in [2.05, 4.69) is 10.0 Å². The normalized spacial score (nSPS) is 12.0. The van der Waals surface area contributed by atoms with E-state index >= 15 is 0 Å². The number of benzene rings is 1. The average molecular weight is 291 g/mol. The first kappa shape index (κ1) is 15.4. The SMILES string of the molecule is CC(C)NCCS(=O)(=O)NCc1ccc(Cl)cc1. The van der Waals surface area contributed by atoms with Crippen LogP contribution in [0.4, 0.5) is 0 Å². The Hall–Kier alpha value is -0.620. The van der Waals surface area contributed by atoms with Gasteiger partial charge in [0.25, 0.3) is 0 Å². The maximum absolute atomic E-state index is 11.7. The quantitative estimate of drug-likeness (QED) is 0.804. The molecule has 0 amide bonds. The topological polar surface area (TPSA) is 58.2 Å². The summed E-state index contributed by atoms with van der Waals surface area (Å²) in [5.74, 6) is 0.0821. The van der Waals surface area contributed by atoms with E-state index in [1.165, 1.54) is 0 Å². The van der Waals surface area contributed by atoms with Crippen molar-refractivity contribution in [2.75, 3.05) is 12.3 Å². The molecule has 0 aliphatic heterocycles. The molecule has 102 valence electrons. The van der Waals surface area contributed by atoms with Gasteiger partial charge in [-0.2, -0.15) is 0 Å². The molecular weight excluding hydrogens is 272 g/mol. The highest BCUT2D eigenvalue weighted by Crippen LogP contribution is 2.09. The number of rotatable bonds is 7. The van der Waals surface area contributed by atoms with Gasteiger partial charge in [-0.15, -0.1) is 0 Å². The smallest absolute Gasteiger partial charge is 0.213 e. The maximum Gasteiger partial charge on any atom is 0.213 e. The zero-order valence-electron chi connectivity index (χ0n) is 10.6. The van der Waals surface area contributed by atoms with E-state index in [9.17, 15) is 8.42 Å². The van der Waals surface area contributed by atoms with Crippen molar-refractivity contribution in [3.63, 3.8) is 0 Å². The Labute approximate surface area is 114 Å². The Morgan fingerprint density at radius 1 is 1.22 bits per heavy atom. The molecule has 1 rings (SSSR count). The third-order valence-corrected chi connectivity index (χ3v) is 3.91. The van der Waals surface area contributed by atoms with Crippen LogP contribution >= 0.6 is 11.6 Å². The molecule has 0 saturated carbocycles. The van der Waals surface area contributed by atoms with Crippen LogP contribution in [0, 0.1) is 0 Å². The summed E-state index contributed by atoms with van der Waals surface area (Å²) in [4.78, 5) is 0. The van der Waals surface area contributed by atoms with Crippen LogP contribution in [0.1, 0.15) is 19.4 Å². The summed E-state index contributed by atoms with van der Waals surface area (Å²) < 4.78 is 25.9. The average Bonchev–Trinajstić information content (AvgIpc) is 2.27. The summed E-state index contributed by atoms with van der Waals surface area (Å²) in [6.07, 6.45) is 0. The van der Waals surface area contributed by atoms with Gasteiger partial charge >= 0.3 is 0 Å². The van der Waals surface area contributed by atoms with E-state index in [1.54, 1.807) is 24.3 Å². The summed E-state index contributed by atoms with van der Waals surface area (Å²) in [5.41, 5.74) is 0.889. The second-order valence-corrected chi connectivity index (χ2v) is 6.74. The minimum atomic E-state index is -3.23. The van der Waals surface area contributed by atoms with Crippen molar-refractivity contribution < 1.29 is 8.42 Å². The van der Waals surface area contributed by atoms with Crippen molar-refractivity contribution >= 4 is 21.6 Å². The molecule has 1 aromatic carbocycles. The lowest BCUT2D eigenvalue weighted by molar-refractivity contribution is 0.566. The summed E-state index contributed by atoms with van der Waals surface area (Å²) in [6, 6.07) is 7.38. The molecule has 18 heavy (non-hydrogen) atoms. The number of halogens is 1. The molecule has 0 fully saturated rings. The van der Waals surface area contributed by atoms with E-state index in [1.807, 2.05) is 13.8 Å². The summed E-state index contributed by atoms with van der Waals surface area (Å²) in [6.45, 7) is 4.70. The Balaban J connectivity index is 2.39. The number of nitrogens with one attached hydrogen (secondary N) is 2. The minimum absolute atomic E-state index is 0.0821. The third kappa shape index (κ3) is 6.35. The van der Waals surface area contributed by atoms with Crippen LogP contribution in [0.5, 0.6) is 0 Å². The fourth-order valence-corrected chi connectivity index (χ4v) is 2.39. The van der Waals surface area contributed by atoms with E-state index in [-0.39, 0.29) is 11.8 Å². The van der Waals surface area contributed by atoms with E-state index in [0.29, 0.717) is 18.1 Å². The van der Waals surface area contributed by atoms with Gasteiger partial charge < -0.3 is 5.32 Å². The maximum atomic E-state index is 11.7. The Morgan fingerprint density at radius 2 is 1.83 bits per heavy atom. The first-order valence-electron chi connectivity index (χ1n) is 5.84. The molecule has 4 nitrogen and oxygen atoms in total. The van der Waals surface area contributed by atoms with Gasteiger partial charge in [-0.1, -0.05) is 37.6 Å². The van der Waals surface area contributed by atoms with Gasteiger partial charge in [-0.25, -0.2) is 13.1 Å². The van der Waals surface area contributed by atoms with Gasteiger partial charge in [-0.05, 0) is 17.7 Å². The summed E-state index contributed by atoms with van der Waals surface area (Å²) in [5, 5.41) is 3.71. The van der Waals surface area contributed by atoms with E-state index in [0.717, 1.165) is 5.56 Å². The highest BCUT2D eigenvalue weighted by Gasteiger charge is 2.09. The van der Waals surface area contributed by atoms with Gasteiger partial charge in [0, 0.05) is 24.2 Å². The first-order chi connectivity index (χ1) is 8.39. The monoisotopic (exact) mass is 290 g/mol. The zero-order valence-corrected chi connectivity index (χ0v) is 12.2. The molecule has 0 bridgehead atoms. The molecule has 2 N–H and O–H groups in total. The van der Waals surface area contributed by atoms with Crippen LogP contribution in [-0.2, 0) is 16.6 Å². The second kappa shape index (κ2) is 7.09. The molecule has 0 unspecified atom stereocenters. The standard InChI is InChI=1S/C12H19ClN2O2S/c1-10(2)14-7-8-18(16,17)15-9-11-3-5-12(13)6-4-11/h3-6,10,14-15H,7-9H2,1-2H3. The third-order valence-electron chi connectivity index (χ3n) is 2.33. The van der Waals surface area contributed by atoms with Crippen LogP contribution in [0.3, 0.4) is 0 Å². The van der Waals surface area contributed by atoms with Crippen molar-refractivity contribution in [3.05, 3.63) is 34.9 Å². The molecule has 6 heteroatoms. The summed E-state index contributed by atoms with van der Waals surface area (Å²) >= 11 is 5.75. The zero-order chi connectivity index (χ0) is 13.6. The lowest BCUT2D eigenvalue weighted by Gasteiger charge is -2.09. The predicted octanol–water partition coefficient (Wildman–Crippen LogP) is 1.76. The Bertz CT molecular complexity index is 457. The van der Waals surface area contributed by atoms with Crippen molar-refractivity contribution in [1.82, 2.24) is 10.0 Å². The summed E-state index contributed by atoms with van der Waals surface area (Å²) in [7, 11) is -3.23. The Morgan fingerprint density at radius 3 is 2.39 bits per heavy atom. The van der Waals surface area contributed by atoms with Gasteiger partial charge in [0.2, 0.25) is 10.0 Å². The molecular formula is C12H19ClN2O2S. The van der Waals surface area contributed by atoms with Gasteiger partial charge in [0.05, 0.1) is 5.75 Å². The fraction of sp³-hybridized carbons (Fsp3) is 0.500. The number of sulfonamides is 1. The molecule has 0 atom stereocenters. The fourth-order valence-electron chi connectivity index (χ4n) is 1.35. The lowest BCUT2D eigenvalue weighted by Crippen LogP contribution is -2.34. The molecule has 0 saturated heterocycles. The molecule has 1 aromatic rings. The molecule has 0 aliphatic rings. The molecule has 0 radical (unpaired) electrons. The van der Waals surface area contributed by atoms with Crippen molar-refractivity contribution in [3.8, 4) is 0 Å². The van der Waals surface area contributed by atoms with Crippen LogP contribution in [-0.4, -0.2) is 26.8 Å². The van der Waals surface area contributed by atoms with E-state index < -0.39 is 10.0 Å². The van der Waals surface area contributed by atoms with Crippen molar-refractivity contribution in [1.29, 1.82) is 0 Å². The number of hydrogen-bond acceptors (Lipinski definition) is 3. The van der Waals surface area contributed by atoms with Crippen LogP contribution in [0.2, 0.25) is 5.02 Å². The molecule has 0 aliphatic carbocycles. The van der Waals surface area contributed by atoms with Crippen molar-refractivity contribution in [2.24, 2.45) is 0 Å². The molecule has 0 heterocycles. The lowest BCUT2D eigenvalue weighted by atomic mass is 10.2. The van der Waals surface area contributed by atoms with Crippen LogP contribution < -0.4 is 10.0 Å². The predicted molar refractivity (Wildman–Crippen MR) is 75.2 cm³/mol. The second-order valence-electron chi connectivity index (χ2n) is 4.38. The highest BCUT2D eigenvalue weighted by molar-refractivity contribution is 7.89. The Kier molecular flexibility index (Phi) is 6.08. The highest BCUT2D eigenvalue weighted by atomic mass is 35.5. The largest absolute Gasteiger partial charge is 0.313 e. The van der Waals surface area contributed by atoms with Gasteiger partial charge in [0.15, 0.2) is 0 Å². The van der Waals surface area contributed by atoms with Gasteiger partial charge in [-0.3, -0.25) is 0 Å². The molecule has 0 spiro atoms. The van der Waals surface area contributed by atoms with Crippen LogP contribution in [0.15, 0.2) is 24.3 Å². The minimum Gasteiger partial charge on any atom is -0.313 e. The van der Waals surface area contributed by atoms with Crippen LogP contribution in [0.25, 0.3) is 0 Å². The van der Waals surface area contributed by atoms with Crippen molar-refractivity contribution in [2.45, 2.75) is 26.4 Å². The van der Waals surface area contributed by atoms with Gasteiger partial charge in [0.1, 0.15) is 0 Å². The molecule has 0 aromatic heterocycles.